The molecule has 1 aliphatic rings. The Kier molecular flexibility index (Phi) is 8.71. The Balaban J connectivity index is 1.21. The molecule has 0 aliphatic carbocycles. The highest BCUT2D eigenvalue weighted by Gasteiger charge is 2.50. The summed E-state index contributed by atoms with van der Waals surface area (Å²) in [5.41, 5.74) is 6.06. The van der Waals surface area contributed by atoms with Gasteiger partial charge in [0.1, 0.15) is 11.6 Å². The summed E-state index contributed by atoms with van der Waals surface area (Å²) >= 11 is 0. The lowest BCUT2D eigenvalue weighted by atomic mass is 10.1. The molecular formula is C27H27F3N6O5. The summed E-state index contributed by atoms with van der Waals surface area (Å²) in [6.45, 7) is 1.61. The Morgan fingerprint density at radius 2 is 1.78 bits per heavy atom. The number of nitrogen functional groups attached to an aromatic ring is 1. The number of nitrogens with zero attached hydrogens (tertiary/aromatic N) is 2. The van der Waals surface area contributed by atoms with Crippen LogP contribution in [0, 0.1) is 5.82 Å². The zero-order chi connectivity index (χ0) is 29.7. The van der Waals surface area contributed by atoms with E-state index in [1.54, 1.807) is 24.3 Å². The van der Waals surface area contributed by atoms with Gasteiger partial charge in [-0.15, -0.1) is 0 Å². The van der Waals surface area contributed by atoms with Crippen molar-refractivity contribution in [1.29, 1.82) is 0 Å². The summed E-state index contributed by atoms with van der Waals surface area (Å²) in [6, 6.07) is 11.2. The van der Waals surface area contributed by atoms with Gasteiger partial charge in [0.2, 0.25) is 18.0 Å². The number of anilines is 3. The van der Waals surface area contributed by atoms with Crippen molar-refractivity contribution in [2.24, 2.45) is 0 Å². The van der Waals surface area contributed by atoms with Crippen LogP contribution in [-0.2, 0) is 20.9 Å². The van der Waals surface area contributed by atoms with Gasteiger partial charge in [-0.25, -0.2) is 18.0 Å². The highest BCUT2D eigenvalue weighted by Crippen LogP contribution is 2.41. The van der Waals surface area contributed by atoms with Crippen LogP contribution in [0.3, 0.4) is 0 Å². The third kappa shape index (κ3) is 7.48. The smallest absolute Gasteiger partial charge is 0.351 e. The molecule has 2 unspecified atom stereocenters. The van der Waals surface area contributed by atoms with Gasteiger partial charge in [0, 0.05) is 37.6 Å². The second-order valence-corrected chi connectivity index (χ2v) is 9.47. The number of alkyl halides is 2. The number of carbonyl (C=O) groups is 3. The zero-order valence-electron chi connectivity index (χ0n) is 21.8. The van der Waals surface area contributed by atoms with E-state index in [0.717, 1.165) is 12.3 Å². The summed E-state index contributed by atoms with van der Waals surface area (Å²) in [4.78, 5) is 52.7. The van der Waals surface area contributed by atoms with E-state index in [2.05, 4.69) is 20.9 Å². The van der Waals surface area contributed by atoms with E-state index >= 15 is 0 Å². The molecule has 2 atom stereocenters. The Labute approximate surface area is 231 Å². The maximum Gasteiger partial charge on any atom is 0.351 e. The third-order valence-electron chi connectivity index (χ3n) is 6.18. The molecule has 1 saturated heterocycles. The minimum absolute atomic E-state index is 0.0890. The molecule has 1 aliphatic heterocycles. The summed E-state index contributed by atoms with van der Waals surface area (Å²) in [5.74, 6) is -5.37. The van der Waals surface area contributed by atoms with Gasteiger partial charge in [-0.3, -0.25) is 19.0 Å². The van der Waals surface area contributed by atoms with Gasteiger partial charge in [-0.1, -0.05) is 12.1 Å². The van der Waals surface area contributed by atoms with E-state index < -0.39 is 53.9 Å². The molecular weight excluding hydrogens is 545 g/mol. The fraction of sp³-hybridized carbons (Fsp3) is 0.296. The first-order valence-electron chi connectivity index (χ1n) is 12.6. The zero-order valence-corrected chi connectivity index (χ0v) is 21.8. The molecule has 0 spiro atoms. The molecule has 0 saturated carbocycles. The number of aromatic nitrogens is 2. The van der Waals surface area contributed by atoms with Crippen LogP contribution in [0.5, 0.6) is 0 Å². The van der Waals surface area contributed by atoms with Gasteiger partial charge in [-0.2, -0.15) is 4.98 Å². The van der Waals surface area contributed by atoms with Crippen LogP contribution in [-0.4, -0.2) is 39.3 Å². The SMILES string of the molecule is CC1CC(F)(F)C(n2ccc(NC(=O)CCC(=O)NCc3ccc(C(=O)Nc4ccc(F)cc4N)cc3)nc2=O)O1. The van der Waals surface area contributed by atoms with E-state index in [1.807, 2.05) is 0 Å². The predicted octanol–water partition coefficient (Wildman–Crippen LogP) is 3.19. The molecule has 3 amide bonds. The van der Waals surface area contributed by atoms with Crippen molar-refractivity contribution in [3.8, 4) is 0 Å². The van der Waals surface area contributed by atoms with Crippen molar-refractivity contribution >= 4 is 34.9 Å². The van der Waals surface area contributed by atoms with Gasteiger partial charge in [0.05, 0.1) is 17.5 Å². The topological polar surface area (TPSA) is 157 Å². The van der Waals surface area contributed by atoms with Crippen molar-refractivity contribution < 1.29 is 32.3 Å². The summed E-state index contributed by atoms with van der Waals surface area (Å²) in [5, 5.41) is 7.61. The Hall–Kier alpha value is -4.72. The first-order valence-corrected chi connectivity index (χ1v) is 12.6. The first-order chi connectivity index (χ1) is 19.4. The number of hydrogen-bond acceptors (Lipinski definition) is 7. The molecule has 0 radical (unpaired) electrons. The lowest BCUT2D eigenvalue weighted by Crippen LogP contribution is -2.35. The molecule has 216 valence electrons. The molecule has 2 aromatic carbocycles. The van der Waals surface area contributed by atoms with Gasteiger partial charge in [-0.05, 0) is 48.9 Å². The largest absolute Gasteiger partial charge is 0.397 e. The molecule has 14 heteroatoms. The molecule has 0 bridgehead atoms. The molecule has 1 fully saturated rings. The molecule has 5 N–H and O–H groups in total. The Morgan fingerprint density at radius 3 is 2.41 bits per heavy atom. The average Bonchev–Trinajstić information content (AvgIpc) is 3.19. The number of nitrogens with one attached hydrogen (secondary N) is 3. The van der Waals surface area contributed by atoms with E-state index in [9.17, 15) is 32.3 Å². The van der Waals surface area contributed by atoms with Gasteiger partial charge >= 0.3 is 5.69 Å². The lowest BCUT2D eigenvalue weighted by molar-refractivity contribution is -0.124. The second-order valence-electron chi connectivity index (χ2n) is 9.47. The van der Waals surface area contributed by atoms with E-state index in [1.165, 1.54) is 25.1 Å². The second kappa shape index (κ2) is 12.2. The number of carbonyl (C=O) groups excluding carboxylic acids is 3. The first kappa shape index (κ1) is 29.3. The monoisotopic (exact) mass is 572 g/mol. The number of halogens is 3. The molecule has 11 nitrogen and oxygen atoms in total. The van der Waals surface area contributed by atoms with Crippen molar-refractivity contribution in [3.05, 3.63) is 82.2 Å². The van der Waals surface area contributed by atoms with Crippen molar-refractivity contribution in [2.75, 3.05) is 16.4 Å². The quantitative estimate of drug-likeness (QED) is 0.287. The highest BCUT2D eigenvalue weighted by atomic mass is 19.3. The summed E-state index contributed by atoms with van der Waals surface area (Å²) in [6.07, 6.45) is -2.34. The Bertz CT molecular complexity index is 1510. The number of ether oxygens (including phenoxy) is 1. The number of benzene rings is 2. The molecule has 41 heavy (non-hydrogen) atoms. The molecule has 3 aromatic rings. The van der Waals surface area contributed by atoms with Crippen LogP contribution in [0.1, 0.15) is 48.3 Å². The normalized spacial score (nSPS) is 17.6. The number of rotatable bonds is 9. The minimum atomic E-state index is -3.24. The van der Waals surface area contributed by atoms with E-state index in [4.69, 9.17) is 10.5 Å². The van der Waals surface area contributed by atoms with Crippen LogP contribution in [0.4, 0.5) is 30.4 Å². The van der Waals surface area contributed by atoms with Crippen LogP contribution >= 0.6 is 0 Å². The lowest BCUT2D eigenvalue weighted by Gasteiger charge is -2.19. The Morgan fingerprint density at radius 1 is 1.07 bits per heavy atom. The summed E-state index contributed by atoms with van der Waals surface area (Å²) in [7, 11) is 0. The van der Waals surface area contributed by atoms with Crippen molar-refractivity contribution in [3.63, 3.8) is 0 Å². The average molecular weight is 573 g/mol. The van der Waals surface area contributed by atoms with Crippen LogP contribution in [0.2, 0.25) is 0 Å². The number of hydrogen-bond donors (Lipinski definition) is 4. The number of amides is 3. The molecule has 4 rings (SSSR count). The fourth-order valence-electron chi connectivity index (χ4n) is 4.12. The van der Waals surface area contributed by atoms with Gasteiger partial charge in [0.25, 0.3) is 11.8 Å². The molecule has 2 heterocycles. The highest BCUT2D eigenvalue weighted by molar-refractivity contribution is 6.05. The van der Waals surface area contributed by atoms with Crippen LogP contribution in [0.25, 0.3) is 0 Å². The number of nitrogens with two attached hydrogens (primary N) is 1. The van der Waals surface area contributed by atoms with Gasteiger partial charge in [0.15, 0.2) is 0 Å². The third-order valence-corrected chi connectivity index (χ3v) is 6.18. The molecule has 1 aromatic heterocycles. The van der Waals surface area contributed by atoms with Gasteiger partial charge < -0.3 is 26.4 Å². The van der Waals surface area contributed by atoms with E-state index in [-0.39, 0.29) is 36.6 Å². The van der Waals surface area contributed by atoms with Crippen LogP contribution < -0.4 is 27.4 Å². The predicted molar refractivity (Wildman–Crippen MR) is 143 cm³/mol. The van der Waals surface area contributed by atoms with Crippen molar-refractivity contribution in [1.82, 2.24) is 14.9 Å². The maximum atomic E-state index is 14.1. The summed E-state index contributed by atoms with van der Waals surface area (Å²) < 4.78 is 47.1. The minimum Gasteiger partial charge on any atom is -0.397 e. The standard InChI is InChI=1S/C27H27F3N6O5/c1-15-13-27(29,30)25(41-15)36-11-10-21(35-26(36)40)34-23(38)9-8-22(37)32-14-16-2-4-17(5-3-16)24(39)33-20-7-6-18(28)12-19(20)31/h2-7,10-12,15,25H,8-9,13-14,31H2,1H3,(H,32,37)(H,33,39)(H,34,35,38,40). The maximum absolute atomic E-state index is 14.1. The van der Waals surface area contributed by atoms with Crippen molar-refractivity contribution in [2.45, 2.75) is 51.0 Å². The fourth-order valence-corrected chi connectivity index (χ4v) is 4.12. The van der Waals surface area contributed by atoms with E-state index in [0.29, 0.717) is 15.7 Å². The van der Waals surface area contributed by atoms with Crippen LogP contribution in [0.15, 0.2) is 59.5 Å².